The van der Waals surface area contributed by atoms with Crippen LogP contribution in [0.5, 0.6) is 5.75 Å². The normalized spacial score (nSPS) is 16.5. The molecule has 2 aliphatic rings. The molecule has 1 fully saturated rings. The van der Waals surface area contributed by atoms with Crippen molar-refractivity contribution in [1.82, 2.24) is 19.8 Å². The van der Waals surface area contributed by atoms with E-state index in [0.29, 0.717) is 39.1 Å². The molecule has 1 saturated heterocycles. The van der Waals surface area contributed by atoms with Crippen LogP contribution in [0.1, 0.15) is 22.5 Å². The standard InChI is InChI=1S/C27H27FN4O3/c1-35-24-7-6-16(10-20(24)28)11-22-27-26(18-4-2-3-5-21(18)30-27)19-8-9-32(14-23(19)29-22)25(34)15-31-12-17(33)13-31/h2-7,10,17,30,33H,8-9,11-15H2,1H3. The van der Waals surface area contributed by atoms with Crippen molar-refractivity contribution < 1.29 is 19.0 Å². The second kappa shape index (κ2) is 8.62. The molecule has 4 heterocycles. The van der Waals surface area contributed by atoms with E-state index in [-0.39, 0.29) is 17.8 Å². The minimum Gasteiger partial charge on any atom is -0.494 e. The number of likely N-dealkylation sites (tertiary alicyclic amines) is 1. The maximum absolute atomic E-state index is 14.4. The summed E-state index contributed by atoms with van der Waals surface area (Å²) in [5, 5.41) is 11.8. The molecular formula is C27H27FN4O3. The Labute approximate surface area is 202 Å². The van der Waals surface area contributed by atoms with Crippen molar-refractivity contribution in [3.8, 4) is 5.75 Å². The van der Waals surface area contributed by atoms with Gasteiger partial charge in [0.25, 0.3) is 0 Å². The van der Waals surface area contributed by atoms with Gasteiger partial charge < -0.3 is 19.7 Å². The number of nitrogens with zero attached hydrogens (tertiary/aromatic N) is 3. The molecule has 4 aromatic rings. The largest absolute Gasteiger partial charge is 0.494 e. The Morgan fingerprint density at radius 3 is 2.86 bits per heavy atom. The smallest absolute Gasteiger partial charge is 0.237 e. The molecule has 0 unspecified atom stereocenters. The third kappa shape index (κ3) is 3.92. The number of halogens is 1. The number of hydrogen-bond acceptors (Lipinski definition) is 5. The Kier molecular flexibility index (Phi) is 5.42. The first-order valence-electron chi connectivity index (χ1n) is 11.9. The average Bonchev–Trinajstić information content (AvgIpc) is 3.23. The number of amides is 1. The zero-order valence-corrected chi connectivity index (χ0v) is 19.6. The molecule has 2 aromatic carbocycles. The van der Waals surface area contributed by atoms with Crippen LogP contribution in [0.25, 0.3) is 21.8 Å². The number of H-pyrrole nitrogens is 1. The number of para-hydroxylation sites is 1. The van der Waals surface area contributed by atoms with Crippen molar-refractivity contribution in [3.63, 3.8) is 0 Å². The number of benzene rings is 2. The number of ether oxygens (including phenoxy) is 1. The number of aromatic amines is 1. The molecular weight excluding hydrogens is 447 g/mol. The van der Waals surface area contributed by atoms with Gasteiger partial charge in [0.05, 0.1) is 43.2 Å². The molecule has 0 spiro atoms. The fraction of sp³-hybridized carbons (Fsp3) is 0.333. The Bertz CT molecular complexity index is 1440. The van der Waals surface area contributed by atoms with Gasteiger partial charge >= 0.3 is 0 Å². The summed E-state index contributed by atoms with van der Waals surface area (Å²) in [7, 11) is 1.45. The zero-order chi connectivity index (χ0) is 24.1. The minimum absolute atomic E-state index is 0.0575. The van der Waals surface area contributed by atoms with Crippen molar-refractivity contribution in [1.29, 1.82) is 0 Å². The number of hydrogen-bond donors (Lipinski definition) is 2. The minimum atomic E-state index is -0.399. The molecule has 8 heteroatoms. The maximum atomic E-state index is 14.4. The van der Waals surface area contributed by atoms with E-state index in [4.69, 9.17) is 9.72 Å². The van der Waals surface area contributed by atoms with E-state index in [1.807, 2.05) is 28.0 Å². The van der Waals surface area contributed by atoms with Gasteiger partial charge in [-0.25, -0.2) is 4.39 Å². The van der Waals surface area contributed by atoms with Crippen molar-refractivity contribution >= 4 is 27.7 Å². The first-order valence-corrected chi connectivity index (χ1v) is 11.9. The highest BCUT2D eigenvalue weighted by atomic mass is 19.1. The number of aliphatic hydroxyl groups is 1. The van der Waals surface area contributed by atoms with E-state index in [1.165, 1.54) is 18.7 Å². The Balaban J connectivity index is 1.39. The summed E-state index contributed by atoms with van der Waals surface area (Å²) in [6.07, 6.45) is 0.857. The van der Waals surface area contributed by atoms with Gasteiger partial charge in [-0.3, -0.25) is 14.7 Å². The number of rotatable bonds is 5. The number of nitrogens with one attached hydrogen (secondary N) is 1. The van der Waals surface area contributed by atoms with Crippen LogP contribution in [-0.4, -0.2) is 70.2 Å². The van der Waals surface area contributed by atoms with Crippen LogP contribution in [0.2, 0.25) is 0 Å². The van der Waals surface area contributed by atoms with Crippen molar-refractivity contribution in [2.45, 2.75) is 25.5 Å². The lowest BCUT2D eigenvalue weighted by Crippen LogP contribution is -2.54. The van der Waals surface area contributed by atoms with Crippen LogP contribution < -0.4 is 4.74 Å². The van der Waals surface area contributed by atoms with Gasteiger partial charge in [-0.1, -0.05) is 24.3 Å². The third-order valence-electron chi connectivity index (χ3n) is 7.12. The van der Waals surface area contributed by atoms with Gasteiger partial charge in [-0.2, -0.15) is 0 Å². The second-order valence-electron chi connectivity index (χ2n) is 9.46. The molecule has 0 saturated carbocycles. The van der Waals surface area contributed by atoms with E-state index in [2.05, 4.69) is 17.1 Å². The van der Waals surface area contributed by atoms with Crippen molar-refractivity contribution in [2.75, 3.05) is 33.3 Å². The highest BCUT2D eigenvalue weighted by Gasteiger charge is 2.30. The quantitative estimate of drug-likeness (QED) is 0.465. The van der Waals surface area contributed by atoms with Crippen LogP contribution in [-0.2, 0) is 24.2 Å². The molecule has 2 aromatic heterocycles. The van der Waals surface area contributed by atoms with Gasteiger partial charge in [-0.05, 0) is 35.7 Å². The number of pyridine rings is 1. The lowest BCUT2D eigenvalue weighted by atomic mass is 9.96. The second-order valence-corrected chi connectivity index (χ2v) is 9.46. The fourth-order valence-electron chi connectivity index (χ4n) is 5.33. The van der Waals surface area contributed by atoms with Crippen LogP contribution >= 0.6 is 0 Å². The Hall–Kier alpha value is -3.49. The van der Waals surface area contributed by atoms with Gasteiger partial charge in [0.2, 0.25) is 5.91 Å². The Morgan fingerprint density at radius 2 is 2.09 bits per heavy atom. The molecule has 0 aliphatic carbocycles. The number of carbonyl (C=O) groups is 1. The SMILES string of the molecule is COc1ccc(Cc2nc3c(c4c2[nH]c2ccccc24)CCN(C(=O)CN2CC(O)C2)C3)cc1F. The Morgan fingerprint density at radius 1 is 1.26 bits per heavy atom. The molecule has 2 N–H and O–H groups in total. The van der Waals surface area contributed by atoms with Gasteiger partial charge in [0.15, 0.2) is 11.6 Å². The monoisotopic (exact) mass is 474 g/mol. The average molecular weight is 475 g/mol. The van der Waals surface area contributed by atoms with Crippen LogP contribution in [0.3, 0.4) is 0 Å². The summed E-state index contributed by atoms with van der Waals surface area (Å²) in [5.74, 6) is -0.127. The summed E-state index contributed by atoms with van der Waals surface area (Å²) in [6, 6.07) is 13.2. The maximum Gasteiger partial charge on any atom is 0.237 e. The summed E-state index contributed by atoms with van der Waals surface area (Å²) >= 11 is 0. The van der Waals surface area contributed by atoms with Crippen molar-refractivity contribution in [2.24, 2.45) is 0 Å². The first kappa shape index (κ1) is 22.0. The predicted molar refractivity (Wildman–Crippen MR) is 131 cm³/mol. The molecule has 1 amide bonds. The molecule has 0 radical (unpaired) electrons. The van der Waals surface area contributed by atoms with E-state index in [0.717, 1.165) is 45.2 Å². The molecule has 35 heavy (non-hydrogen) atoms. The van der Waals surface area contributed by atoms with Crippen molar-refractivity contribution in [3.05, 3.63) is 70.8 Å². The highest BCUT2D eigenvalue weighted by molar-refractivity contribution is 6.10. The molecule has 6 rings (SSSR count). The summed E-state index contributed by atoms with van der Waals surface area (Å²) in [5.41, 5.74) is 5.71. The summed E-state index contributed by atoms with van der Waals surface area (Å²) < 4.78 is 19.5. The lowest BCUT2D eigenvalue weighted by Gasteiger charge is -2.37. The number of aliphatic hydroxyl groups excluding tert-OH is 1. The van der Waals surface area contributed by atoms with Crippen LogP contribution in [0.4, 0.5) is 4.39 Å². The fourth-order valence-corrected chi connectivity index (χ4v) is 5.33. The summed E-state index contributed by atoms with van der Waals surface area (Å²) in [6.45, 7) is 2.51. The van der Waals surface area contributed by atoms with E-state index >= 15 is 0 Å². The number of β-amino-alcohol motifs (C(OH)–C–C–N with tert-alkyl or cyclic N) is 1. The van der Waals surface area contributed by atoms with E-state index in [1.54, 1.807) is 6.07 Å². The molecule has 0 bridgehead atoms. The molecule has 2 aliphatic heterocycles. The van der Waals surface area contributed by atoms with Gasteiger partial charge in [0.1, 0.15) is 0 Å². The predicted octanol–water partition coefficient (Wildman–Crippen LogP) is 3.02. The van der Waals surface area contributed by atoms with E-state index in [9.17, 15) is 14.3 Å². The topological polar surface area (TPSA) is 81.7 Å². The van der Waals surface area contributed by atoms with Gasteiger partial charge in [-0.15, -0.1) is 0 Å². The number of carbonyl (C=O) groups excluding carboxylic acids is 1. The highest BCUT2D eigenvalue weighted by Crippen LogP contribution is 2.35. The number of fused-ring (bicyclic) bond motifs is 5. The lowest BCUT2D eigenvalue weighted by molar-refractivity contribution is -0.136. The molecule has 7 nitrogen and oxygen atoms in total. The zero-order valence-electron chi connectivity index (χ0n) is 19.6. The van der Waals surface area contributed by atoms with Crippen LogP contribution in [0.15, 0.2) is 42.5 Å². The van der Waals surface area contributed by atoms with E-state index < -0.39 is 5.82 Å². The third-order valence-corrected chi connectivity index (χ3v) is 7.12. The number of aromatic nitrogens is 2. The van der Waals surface area contributed by atoms with Gasteiger partial charge in [0, 0.05) is 42.3 Å². The number of methoxy groups -OCH3 is 1. The summed E-state index contributed by atoms with van der Waals surface area (Å²) in [4.78, 5) is 25.3. The molecule has 180 valence electrons. The van der Waals surface area contributed by atoms with Crippen LogP contribution in [0, 0.1) is 5.82 Å². The molecule has 0 atom stereocenters. The first-order chi connectivity index (χ1) is 17.0.